The molecule has 0 fully saturated rings. The van der Waals surface area contributed by atoms with Crippen LogP contribution in [0.4, 0.5) is 6.01 Å². The van der Waals surface area contributed by atoms with E-state index in [9.17, 15) is 4.79 Å². The van der Waals surface area contributed by atoms with Gasteiger partial charge in [0, 0.05) is 5.56 Å². The van der Waals surface area contributed by atoms with Gasteiger partial charge in [-0.05, 0) is 41.8 Å². The maximum atomic E-state index is 12.3. The fourth-order valence-electron chi connectivity index (χ4n) is 3.05. The molecule has 1 aromatic heterocycles. The second-order valence-electron chi connectivity index (χ2n) is 6.64. The lowest BCUT2D eigenvalue weighted by Gasteiger charge is -2.04. The summed E-state index contributed by atoms with van der Waals surface area (Å²) in [5.74, 6) is 0.207. The Kier molecular flexibility index (Phi) is 4.42. The van der Waals surface area contributed by atoms with E-state index < -0.39 is 0 Å². The van der Waals surface area contributed by atoms with Crippen molar-refractivity contribution < 1.29 is 9.21 Å². The number of aromatic nitrogens is 2. The maximum absolute atomic E-state index is 12.3. The lowest BCUT2D eigenvalue weighted by atomic mass is 10.1. The molecule has 0 unspecified atom stereocenters. The summed E-state index contributed by atoms with van der Waals surface area (Å²) in [4.78, 5) is 12.3. The second kappa shape index (κ2) is 7.03. The van der Waals surface area contributed by atoms with E-state index in [-0.39, 0.29) is 18.3 Å². The highest BCUT2D eigenvalue weighted by atomic mass is 16.4. The minimum atomic E-state index is -0.193. The molecule has 0 spiro atoms. The zero-order valence-electron chi connectivity index (χ0n) is 15.2. The number of benzene rings is 3. The Bertz CT molecular complexity index is 1130. The summed E-state index contributed by atoms with van der Waals surface area (Å²) in [6, 6.07) is 20.2. The van der Waals surface area contributed by atoms with Crippen LogP contribution in [-0.2, 0) is 11.2 Å². The van der Waals surface area contributed by atoms with Crippen molar-refractivity contribution in [3.8, 4) is 11.5 Å². The van der Waals surface area contributed by atoms with E-state index in [0.29, 0.717) is 5.89 Å². The number of hydrogen-bond acceptors (Lipinski definition) is 4. The van der Waals surface area contributed by atoms with E-state index in [1.54, 1.807) is 0 Å². The zero-order chi connectivity index (χ0) is 18.8. The van der Waals surface area contributed by atoms with Crippen LogP contribution < -0.4 is 5.32 Å². The van der Waals surface area contributed by atoms with Crippen LogP contribution in [0.2, 0.25) is 0 Å². The van der Waals surface area contributed by atoms with Crippen molar-refractivity contribution in [1.82, 2.24) is 10.2 Å². The van der Waals surface area contributed by atoms with Gasteiger partial charge in [0.15, 0.2) is 0 Å². The number of carbonyl (C=O) groups excluding carboxylic acids is 1. The molecule has 0 bridgehead atoms. The fourth-order valence-corrected chi connectivity index (χ4v) is 3.05. The van der Waals surface area contributed by atoms with Gasteiger partial charge in [-0.3, -0.25) is 10.1 Å². The van der Waals surface area contributed by atoms with Gasteiger partial charge in [-0.1, -0.05) is 65.3 Å². The third-order valence-electron chi connectivity index (χ3n) is 4.47. The predicted molar refractivity (Wildman–Crippen MR) is 105 cm³/mol. The molecule has 0 aliphatic carbocycles. The van der Waals surface area contributed by atoms with Gasteiger partial charge < -0.3 is 4.42 Å². The van der Waals surface area contributed by atoms with Gasteiger partial charge in [-0.2, -0.15) is 0 Å². The molecule has 0 saturated carbocycles. The van der Waals surface area contributed by atoms with Gasteiger partial charge in [0.05, 0.1) is 6.42 Å². The zero-order valence-corrected chi connectivity index (χ0v) is 15.2. The number of aryl methyl sites for hydroxylation is 2. The van der Waals surface area contributed by atoms with Gasteiger partial charge in [0.1, 0.15) is 0 Å². The van der Waals surface area contributed by atoms with E-state index >= 15 is 0 Å². The first-order valence-corrected chi connectivity index (χ1v) is 8.77. The molecule has 0 aliphatic rings. The largest absolute Gasteiger partial charge is 0.403 e. The molecule has 4 aromatic rings. The van der Waals surface area contributed by atoms with E-state index in [0.717, 1.165) is 33.0 Å². The molecule has 0 saturated heterocycles. The topological polar surface area (TPSA) is 68.0 Å². The molecule has 0 aliphatic heterocycles. The smallest absolute Gasteiger partial charge is 0.322 e. The Morgan fingerprint density at radius 3 is 2.63 bits per heavy atom. The Morgan fingerprint density at radius 1 is 0.963 bits per heavy atom. The van der Waals surface area contributed by atoms with Crippen LogP contribution in [0.25, 0.3) is 22.2 Å². The third-order valence-corrected chi connectivity index (χ3v) is 4.47. The van der Waals surface area contributed by atoms with Crippen molar-refractivity contribution in [2.24, 2.45) is 0 Å². The van der Waals surface area contributed by atoms with Crippen LogP contribution in [-0.4, -0.2) is 16.1 Å². The van der Waals surface area contributed by atoms with E-state index in [1.807, 2.05) is 74.5 Å². The molecule has 27 heavy (non-hydrogen) atoms. The first-order valence-electron chi connectivity index (χ1n) is 8.77. The summed E-state index contributed by atoms with van der Waals surface area (Å²) in [5.41, 5.74) is 3.95. The molecule has 134 valence electrons. The van der Waals surface area contributed by atoms with E-state index in [4.69, 9.17) is 4.42 Å². The van der Waals surface area contributed by atoms with Crippen molar-refractivity contribution in [2.45, 2.75) is 20.3 Å². The van der Waals surface area contributed by atoms with E-state index in [1.165, 1.54) is 0 Å². The van der Waals surface area contributed by atoms with Crippen LogP contribution in [0.1, 0.15) is 16.7 Å². The summed E-state index contributed by atoms with van der Waals surface area (Å²) in [6.45, 7) is 3.99. The molecule has 3 aromatic carbocycles. The molecule has 5 nitrogen and oxygen atoms in total. The van der Waals surface area contributed by atoms with Gasteiger partial charge >= 0.3 is 6.01 Å². The minimum Gasteiger partial charge on any atom is -0.403 e. The Hall–Kier alpha value is -3.47. The van der Waals surface area contributed by atoms with Crippen LogP contribution >= 0.6 is 0 Å². The quantitative estimate of drug-likeness (QED) is 0.575. The average Bonchev–Trinajstić information content (AvgIpc) is 3.11. The van der Waals surface area contributed by atoms with E-state index in [2.05, 4.69) is 15.5 Å². The molecule has 5 heteroatoms. The Balaban J connectivity index is 1.48. The number of rotatable bonds is 4. The number of fused-ring (bicyclic) bond motifs is 1. The number of anilines is 1. The molecular formula is C22H19N3O2. The molecule has 0 atom stereocenters. The predicted octanol–water partition coefficient (Wildman–Crippen LogP) is 4.69. The summed E-state index contributed by atoms with van der Waals surface area (Å²) >= 11 is 0. The monoisotopic (exact) mass is 357 g/mol. The SMILES string of the molecule is Cc1ccc(C)c(-c2nnc(NC(=O)Cc3ccc4ccccc4c3)o2)c1. The minimum absolute atomic E-state index is 0.108. The van der Waals surface area contributed by atoms with Crippen molar-refractivity contribution in [2.75, 3.05) is 5.32 Å². The van der Waals surface area contributed by atoms with Crippen LogP contribution in [0.5, 0.6) is 0 Å². The number of nitrogens with zero attached hydrogens (tertiary/aromatic N) is 2. The van der Waals surface area contributed by atoms with Gasteiger partial charge in [-0.25, -0.2) is 0 Å². The number of hydrogen-bond donors (Lipinski definition) is 1. The average molecular weight is 357 g/mol. The second-order valence-corrected chi connectivity index (χ2v) is 6.64. The normalized spacial score (nSPS) is 10.9. The first kappa shape index (κ1) is 17.0. The Labute approximate surface area is 157 Å². The summed E-state index contributed by atoms with van der Waals surface area (Å²) < 4.78 is 5.63. The standard InChI is InChI=1S/C22H19N3O2/c1-14-7-8-15(2)19(11-14)21-24-25-22(27-21)23-20(26)13-16-9-10-17-5-3-4-6-18(17)12-16/h3-12H,13H2,1-2H3,(H,23,25,26). The van der Waals surface area contributed by atoms with Crippen molar-refractivity contribution in [3.63, 3.8) is 0 Å². The molecule has 1 heterocycles. The van der Waals surface area contributed by atoms with Crippen LogP contribution in [0, 0.1) is 13.8 Å². The molecular weight excluding hydrogens is 338 g/mol. The third kappa shape index (κ3) is 3.72. The lowest BCUT2D eigenvalue weighted by Crippen LogP contribution is -2.14. The summed E-state index contributed by atoms with van der Waals surface area (Å²) in [5, 5.41) is 12.9. The van der Waals surface area contributed by atoms with Crippen molar-refractivity contribution in [3.05, 3.63) is 77.4 Å². The number of nitrogens with one attached hydrogen (secondary N) is 1. The molecule has 0 radical (unpaired) electrons. The highest BCUT2D eigenvalue weighted by Gasteiger charge is 2.13. The number of carbonyl (C=O) groups is 1. The molecule has 1 N–H and O–H groups in total. The highest BCUT2D eigenvalue weighted by molar-refractivity contribution is 5.91. The van der Waals surface area contributed by atoms with Crippen molar-refractivity contribution >= 4 is 22.7 Å². The fraction of sp³-hybridized carbons (Fsp3) is 0.136. The first-order chi connectivity index (χ1) is 13.1. The summed E-state index contributed by atoms with van der Waals surface area (Å²) in [6.07, 6.45) is 0.242. The van der Waals surface area contributed by atoms with Gasteiger partial charge in [0.25, 0.3) is 0 Å². The summed E-state index contributed by atoms with van der Waals surface area (Å²) in [7, 11) is 0. The van der Waals surface area contributed by atoms with Crippen LogP contribution in [0.15, 0.2) is 65.1 Å². The van der Waals surface area contributed by atoms with Gasteiger partial charge in [-0.15, -0.1) is 5.10 Å². The lowest BCUT2D eigenvalue weighted by molar-refractivity contribution is -0.115. The van der Waals surface area contributed by atoms with Crippen LogP contribution in [0.3, 0.4) is 0 Å². The Morgan fingerprint density at radius 2 is 1.78 bits per heavy atom. The van der Waals surface area contributed by atoms with Crippen molar-refractivity contribution in [1.29, 1.82) is 0 Å². The maximum Gasteiger partial charge on any atom is 0.322 e. The molecule has 4 rings (SSSR count). The number of amides is 1. The van der Waals surface area contributed by atoms with Gasteiger partial charge in [0.2, 0.25) is 11.8 Å². The molecule has 1 amide bonds. The highest BCUT2D eigenvalue weighted by Crippen LogP contribution is 2.24.